The average molecular weight is 347 g/mol. The molecule has 2 heterocycles. The maximum Gasteiger partial charge on any atom is 0.225 e. The lowest BCUT2D eigenvalue weighted by Crippen LogP contribution is -2.34. The van der Waals surface area contributed by atoms with E-state index in [-0.39, 0.29) is 24.2 Å². The molecular formula is C18H19ClN2O3. The molecule has 1 aliphatic heterocycles. The number of carbonyl (C=O) groups is 2. The van der Waals surface area contributed by atoms with Crippen LogP contribution < -0.4 is 5.32 Å². The summed E-state index contributed by atoms with van der Waals surface area (Å²) in [6.45, 7) is 1.40. The largest absolute Gasteiger partial charge is 0.467 e. The fourth-order valence-electron chi connectivity index (χ4n) is 2.82. The Morgan fingerprint density at radius 2 is 2.08 bits per heavy atom. The summed E-state index contributed by atoms with van der Waals surface area (Å²) in [5.74, 6) is 0.355. The topological polar surface area (TPSA) is 62.6 Å². The van der Waals surface area contributed by atoms with Gasteiger partial charge in [-0.3, -0.25) is 9.59 Å². The second kappa shape index (κ2) is 7.53. The minimum Gasteiger partial charge on any atom is -0.467 e. The molecule has 6 heteroatoms. The maximum absolute atomic E-state index is 12.2. The van der Waals surface area contributed by atoms with Crippen LogP contribution in [0, 0.1) is 5.92 Å². The van der Waals surface area contributed by atoms with Gasteiger partial charge in [0.25, 0.3) is 0 Å². The van der Waals surface area contributed by atoms with Crippen LogP contribution in [0.2, 0.25) is 5.02 Å². The molecule has 1 aliphatic rings. The molecule has 1 fully saturated rings. The number of nitrogens with zero attached hydrogens (tertiary/aromatic N) is 1. The van der Waals surface area contributed by atoms with E-state index in [1.165, 1.54) is 0 Å². The van der Waals surface area contributed by atoms with Gasteiger partial charge in [0.2, 0.25) is 11.8 Å². The van der Waals surface area contributed by atoms with Crippen molar-refractivity contribution in [3.63, 3.8) is 0 Å². The maximum atomic E-state index is 12.2. The van der Waals surface area contributed by atoms with Gasteiger partial charge in [-0.25, -0.2) is 0 Å². The molecule has 0 bridgehead atoms. The lowest BCUT2D eigenvalue weighted by molar-refractivity contribution is -0.129. The van der Waals surface area contributed by atoms with Gasteiger partial charge in [0.1, 0.15) is 5.76 Å². The Balaban J connectivity index is 1.45. The van der Waals surface area contributed by atoms with Gasteiger partial charge in [-0.15, -0.1) is 0 Å². The van der Waals surface area contributed by atoms with Gasteiger partial charge in [0, 0.05) is 24.5 Å². The van der Waals surface area contributed by atoms with E-state index in [0.717, 1.165) is 17.7 Å². The highest BCUT2D eigenvalue weighted by Gasteiger charge is 2.34. The lowest BCUT2D eigenvalue weighted by Gasteiger charge is -2.15. The first-order valence-electron chi connectivity index (χ1n) is 7.94. The number of hydrogen-bond acceptors (Lipinski definition) is 3. The zero-order chi connectivity index (χ0) is 16.9. The van der Waals surface area contributed by atoms with Gasteiger partial charge in [-0.1, -0.05) is 23.7 Å². The number of hydrogen-bond donors (Lipinski definition) is 1. The monoisotopic (exact) mass is 346 g/mol. The third-order valence-corrected chi connectivity index (χ3v) is 4.39. The highest BCUT2D eigenvalue weighted by Crippen LogP contribution is 2.20. The standard InChI is InChI=1S/C18H19ClN2O3/c19-15-5-3-13(4-6-15)7-8-20-18(23)14-10-17(22)21(11-14)12-16-2-1-9-24-16/h1-6,9,14H,7-8,10-12H2,(H,20,23)/t14-/m0/s1. The van der Waals surface area contributed by atoms with E-state index in [1.807, 2.05) is 30.3 Å². The Morgan fingerprint density at radius 1 is 1.29 bits per heavy atom. The molecule has 126 valence electrons. The van der Waals surface area contributed by atoms with Crippen LogP contribution in [0.25, 0.3) is 0 Å². The summed E-state index contributed by atoms with van der Waals surface area (Å²) in [7, 11) is 0. The molecular weight excluding hydrogens is 328 g/mol. The van der Waals surface area contributed by atoms with Crippen molar-refractivity contribution in [3.8, 4) is 0 Å². The first-order valence-corrected chi connectivity index (χ1v) is 8.32. The van der Waals surface area contributed by atoms with Crippen molar-refractivity contribution in [2.24, 2.45) is 5.92 Å². The number of halogens is 1. The zero-order valence-electron chi connectivity index (χ0n) is 13.2. The average Bonchev–Trinajstić information content (AvgIpc) is 3.20. The highest BCUT2D eigenvalue weighted by molar-refractivity contribution is 6.30. The number of benzene rings is 1. The Kier molecular flexibility index (Phi) is 5.20. The van der Waals surface area contributed by atoms with Crippen molar-refractivity contribution in [1.82, 2.24) is 10.2 Å². The molecule has 1 N–H and O–H groups in total. The summed E-state index contributed by atoms with van der Waals surface area (Å²) in [6, 6.07) is 11.2. The van der Waals surface area contributed by atoms with Gasteiger partial charge in [0.05, 0.1) is 18.7 Å². The van der Waals surface area contributed by atoms with Crippen LogP contribution in [0.15, 0.2) is 47.1 Å². The second-order valence-electron chi connectivity index (χ2n) is 5.92. The van der Waals surface area contributed by atoms with Gasteiger partial charge >= 0.3 is 0 Å². The Morgan fingerprint density at radius 3 is 2.79 bits per heavy atom. The summed E-state index contributed by atoms with van der Waals surface area (Å²) in [6.07, 6.45) is 2.57. The number of carbonyl (C=O) groups excluding carboxylic acids is 2. The third kappa shape index (κ3) is 4.17. The molecule has 0 radical (unpaired) electrons. The number of furan rings is 1. The van der Waals surface area contributed by atoms with Crippen molar-refractivity contribution >= 4 is 23.4 Å². The van der Waals surface area contributed by atoms with Crippen LogP contribution in [0.3, 0.4) is 0 Å². The fourth-order valence-corrected chi connectivity index (χ4v) is 2.94. The molecule has 2 amide bonds. The summed E-state index contributed by atoms with van der Waals surface area (Å²) < 4.78 is 5.26. The minimum absolute atomic E-state index is 0.00995. The summed E-state index contributed by atoms with van der Waals surface area (Å²) in [4.78, 5) is 26.0. The first kappa shape index (κ1) is 16.6. The first-order chi connectivity index (χ1) is 11.6. The molecule has 0 spiro atoms. The smallest absolute Gasteiger partial charge is 0.225 e. The minimum atomic E-state index is -0.294. The fraction of sp³-hybridized carbons (Fsp3) is 0.333. The Bertz CT molecular complexity index is 698. The van der Waals surface area contributed by atoms with E-state index < -0.39 is 0 Å². The molecule has 5 nitrogen and oxygen atoms in total. The molecule has 0 unspecified atom stereocenters. The SMILES string of the molecule is O=C(NCCc1ccc(Cl)cc1)[C@H]1CC(=O)N(Cc2ccco2)C1. The van der Waals surface area contributed by atoms with Gasteiger partial charge < -0.3 is 14.6 Å². The molecule has 1 aromatic heterocycles. The quantitative estimate of drug-likeness (QED) is 0.874. The van der Waals surface area contributed by atoms with E-state index in [1.54, 1.807) is 17.2 Å². The van der Waals surface area contributed by atoms with E-state index >= 15 is 0 Å². The molecule has 0 saturated carbocycles. The van der Waals surface area contributed by atoms with Crippen molar-refractivity contribution in [2.75, 3.05) is 13.1 Å². The molecule has 2 aromatic rings. The third-order valence-electron chi connectivity index (χ3n) is 4.14. The van der Waals surface area contributed by atoms with Gasteiger partial charge in [0.15, 0.2) is 0 Å². The Hall–Kier alpha value is -2.27. The molecule has 3 rings (SSSR count). The van der Waals surface area contributed by atoms with Crippen LogP contribution >= 0.6 is 11.6 Å². The number of amides is 2. The summed E-state index contributed by atoms with van der Waals surface area (Å²) in [5, 5.41) is 3.61. The highest BCUT2D eigenvalue weighted by atomic mass is 35.5. The summed E-state index contributed by atoms with van der Waals surface area (Å²) in [5.41, 5.74) is 1.11. The summed E-state index contributed by atoms with van der Waals surface area (Å²) >= 11 is 5.85. The van der Waals surface area contributed by atoms with Crippen molar-refractivity contribution in [3.05, 3.63) is 59.0 Å². The zero-order valence-corrected chi connectivity index (χ0v) is 14.0. The van der Waals surface area contributed by atoms with Crippen LogP contribution in [0.5, 0.6) is 0 Å². The van der Waals surface area contributed by atoms with Crippen LogP contribution in [0.4, 0.5) is 0 Å². The van der Waals surface area contributed by atoms with Crippen molar-refractivity contribution in [1.29, 1.82) is 0 Å². The number of nitrogens with one attached hydrogen (secondary N) is 1. The molecule has 24 heavy (non-hydrogen) atoms. The number of likely N-dealkylation sites (tertiary alicyclic amines) is 1. The lowest BCUT2D eigenvalue weighted by atomic mass is 10.1. The van der Waals surface area contributed by atoms with E-state index in [9.17, 15) is 9.59 Å². The number of rotatable bonds is 6. The molecule has 1 atom stereocenters. The van der Waals surface area contributed by atoms with Crippen molar-refractivity contribution in [2.45, 2.75) is 19.4 Å². The van der Waals surface area contributed by atoms with Crippen LogP contribution in [-0.2, 0) is 22.6 Å². The molecule has 1 saturated heterocycles. The normalized spacial score (nSPS) is 17.3. The molecule has 1 aromatic carbocycles. The second-order valence-corrected chi connectivity index (χ2v) is 6.36. The van der Waals surface area contributed by atoms with Crippen LogP contribution in [0.1, 0.15) is 17.7 Å². The van der Waals surface area contributed by atoms with E-state index in [2.05, 4.69) is 5.32 Å². The van der Waals surface area contributed by atoms with Crippen LogP contribution in [-0.4, -0.2) is 29.8 Å². The van der Waals surface area contributed by atoms with Crippen molar-refractivity contribution < 1.29 is 14.0 Å². The predicted octanol–water partition coefficient (Wildman–Crippen LogP) is 2.64. The molecule has 0 aliphatic carbocycles. The van der Waals surface area contributed by atoms with Gasteiger partial charge in [-0.2, -0.15) is 0 Å². The van der Waals surface area contributed by atoms with E-state index in [4.69, 9.17) is 16.0 Å². The Labute approximate surface area is 145 Å². The van der Waals surface area contributed by atoms with Gasteiger partial charge in [-0.05, 0) is 36.2 Å². The van der Waals surface area contributed by atoms with E-state index in [0.29, 0.717) is 24.7 Å². The predicted molar refractivity (Wildman–Crippen MR) is 90.4 cm³/mol.